The van der Waals surface area contributed by atoms with Crippen LogP contribution in [0.5, 0.6) is 5.75 Å². The Hall–Kier alpha value is -1.59. The minimum atomic E-state index is 0.138. The van der Waals surface area contributed by atoms with Crippen molar-refractivity contribution in [1.29, 1.82) is 0 Å². The van der Waals surface area contributed by atoms with Gasteiger partial charge in [0.15, 0.2) is 0 Å². The molecule has 0 radical (unpaired) electrons. The van der Waals surface area contributed by atoms with Crippen molar-refractivity contribution in [1.82, 2.24) is 10.2 Å². The molecule has 0 bridgehead atoms. The molecule has 1 heterocycles. The van der Waals surface area contributed by atoms with Gasteiger partial charge in [0.2, 0.25) is 5.91 Å². The quantitative estimate of drug-likeness (QED) is 0.799. The number of nitrogens with zero attached hydrogens (tertiary/aromatic N) is 1. The van der Waals surface area contributed by atoms with Gasteiger partial charge in [-0.2, -0.15) is 0 Å². The molecule has 1 saturated heterocycles. The fourth-order valence-electron chi connectivity index (χ4n) is 2.81. The maximum atomic E-state index is 11.9. The van der Waals surface area contributed by atoms with E-state index in [1.165, 1.54) is 5.56 Å². The van der Waals surface area contributed by atoms with E-state index >= 15 is 0 Å². The van der Waals surface area contributed by atoms with E-state index < -0.39 is 0 Å². The van der Waals surface area contributed by atoms with Gasteiger partial charge >= 0.3 is 0 Å². The zero-order valence-corrected chi connectivity index (χ0v) is 14.2. The highest BCUT2D eigenvalue weighted by atomic mass is 16.5. The van der Waals surface area contributed by atoms with Crippen molar-refractivity contribution in [2.24, 2.45) is 0 Å². The van der Waals surface area contributed by atoms with Crippen LogP contribution in [-0.4, -0.2) is 50.8 Å². The van der Waals surface area contributed by atoms with E-state index in [-0.39, 0.29) is 11.9 Å². The molecule has 0 aromatic heterocycles. The fourth-order valence-corrected chi connectivity index (χ4v) is 2.81. The van der Waals surface area contributed by atoms with Crippen LogP contribution in [0.25, 0.3) is 0 Å². The molecule has 1 fully saturated rings. The predicted octanol–water partition coefficient (Wildman–Crippen LogP) is 2.37. The molecule has 1 aromatic rings. The Morgan fingerprint density at radius 3 is 2.61 bits per heavy atom. The van der Waals surface area contributed by atoms with Crippen LogP contribution in [0.4, 0.5) is 0 Å². The van der Waals surface area contributed by atoms with Gasteiger partial charge in [-0.25, -0.2) is 0 Å². The lowest BCUT2D eigenvalue weighted by Gasteiger charge is -2.35. The van der Waals surface area contributed by atoms with Crippen LogP contribution in [0.15, 0.2) is 24.3 Å². The summed E-state index contributed by atoms with van der Waals surface area (Å²) >= 11 is 0. The highest BCUT2D eigenvalue weighted by Gasteiger charge is 2.23. The minimum absolute atomic E-state index is 0.138. The Balaban J connectivity index is 2.02. The second-order valence-electron chi connectivity index (χ2n) is 5.84. The van der Waals surface area contributed by atoms with E-state index in [0.717, 1.165) is 44.9 Å². The third kappa shape index (κ3) is 5.52. The monoisotopic (exact) mass is 320 g/mol. The highest BCUT2D eigenvalue weighted by Crippen LogP contribution is 2.23. The molecule has 128 valence electrons. The van der Waals surface area contributed by atoms with Gasteiger partial charge in [0.05, 0.1) is 26.4 Å². The van der Waals surface area contributed by atoms with Crippen molar-refractivity contribution >= 4 is 5.91 Å². The molecule has 1 N–H and O–H groups in total. The van der Waals surface area contributed by atoms with Gasteiger partial charge in [0.1, 0.15) is 5.75 Å². The van der Waals surface area contributed by atoms with Gasteiger partial charge in [-0.3, -0.25) is 9.69 Å². The smallest absolute Gasteiger partial charge is 0.220 e. The van der Waals surface area contributed by atoms with Crippen LogP contribution in [0.2, 0.25) is 0 Å². The number of rotatable bonds is 8. The predicted molar refractivity (Wildman–Crippen MR) is 90.7 cm³/mol. The molecule has 0 saturated carbocycles. The molecule has 0 aliphatic carbocycles. The van der Waals surface area contributed by atoms with Gasteiger partial charge in [0.25, 0.3) is 0 Å². The zero-order chi connectivity index (χ0) is 16.5. The molecule has 1 aliphatic rings. The first-order valence-electron chi connectivity index (χ1n) is 8.47. The van der Waals surface area contributed by atoms with Crippen molar-refractivity contribution in [3.05, 3.63) is 29.8 Å². The van der Waals surface area contributed by atoms with Gasteiger partial charge in [-0.15, -0.1) is 0 Å². The second kappa shape index (κ2) is 9.53. The van der Waals surface area contributed by atoms with E-state index in [1.807, 2.05) is 12.1 Å². The van der Waals surface area contributed by atoms with E-state index in [9.17, 15) is 4.79 Å². The summed E-state index contributed by atoms with van der Waals surface area (Å²) in [7, 11) is 1.67. The van der Waals surface area contributed by atoms with Crippen molar-refractivity contribution in [3.8, 4) is 5.75 Å². The summed E-state index contributed by atoms with van der Waals surface area (Å²) in [6.07, 6.45) is 2.59. The first-order chi connectivity index (χ1) is 11.2. The first-order valence-corrected chi connectivity index (χ1v) is 8.47. The van der Waals surface area contributed by atoms with Crippen molar-refractivity contribution in [2.45, 2.75) is 32.2 Å². The average molecular weight is 320 g/mol. The average Bonchev–Trinajstić information content (AvgIpc) is 2.61. The van der Waals surface area contributed by atoms with Gasteiger partial charge < -0.3 is 14.8 Å². The summed E-state index contributed by atoms with van der Waals surface area (Å²) < 4.78 is 10.7. The number of carbonyl (C=O) groups excluding carboxylic acids is 1. The fraction of sp³-hybridized carbons (Fsp3) is 0.611. The van der Waals surface area contributed by atoms with Crippen LogP contribution in [0.3, 0.4) is 0 Å². The molecule has 1 aliphatic heterocycles. The number of hydrogen-bond acceptors (Lipinski definition) is 4. The maximum Gasteiger partial charge on any atom is 0.220 e. The van der Waals surface area contributed by atoms with Crippen LogP contribution in [-0.2, 0) is 9.53 Å². The van der Waals surface area contributed by atoms with Crippen LogP contribution >= 0.6 is 0 Å². The third-order valence-electron chi connectivity index (χ3n) is 4.24. The summed E-state index contributed by atoms with van der Waals surface area (Å²) in [5.74, 6) is 0.986. The molecule has 1 unspecified atom stereocenters. The Bertz CT molecular complexity index is 470. The van der Waals surface area contributed by atoms with E-state index in [1.54, 1.807) is 7.11 Å². The Labute approximate surface area is 139 Å². The summed E-state index contributed by atoms with van der Waals surface area (Å²) in [5, 5.41) is 3.09. The van der Waals surface area contributed by atoms with Crippen LogP contribution in [0.1, 0.15) is 37.8 Å². The van der Waals surface area contributed by atoms with E-state index in [2.05, 4.69) is 29.3 Å². The van der Waals surface area contributed by atoms with Gasteiger partial charge in [-0.05, 0) is 24.1 Å². The summed E-state index contributed by atoms with van der Waals surface area (Å²) in [5.41, 5.74) is 1.20. The molecule has 5 heteroatoms. The Kier molecular flexibility index (Phi) is 7.36. The number of nitrogens with one attached hydrogen (secondary N) is 1. The van der Waals surface area contributed by atoms with E-state index in [0.29, 0.717) is 13.0 Å². The minimum Gasteiger partial charge on any atom is -0.497 e. The largest absolute Gasteiger partial charge is 0.497 e. The highest BCUT2D eigenvalue weighted by molar-refractivity contribution is 5.75. The normalized spacial score (nSPS) is 16.8. The molecular formula is C18H28N2O3. The number of benzene rings is 1. The van der Waals surface area contributed by atoms with Crippen LogP contribution < -0.4 is 10.1 Å². The molecule has 5 nitrogen and oxygen atoms in total. The third-order valence-corrected chi connectivity index (χ3v) is 4.24. The topological polar surface area (TPSA) is 50.8 Å². The molecular weight excluding hydrogens is 292 g/mol. The first kappa shape index (κ1) is 17.8. The van der Waals surface area contributed by atoms with E-state index in [4.69, 9.17) is 9.47 Å². The number of morpholine rings is 1. The van der Waals surface area contributed by atoms with Crippen LogP contribution in [0, 0.1) is 0 Å². The number of ether oxygens (including phenoxy) is 2. The summed E-state index contributed by atoms with van der Waals surface area (Å²) in [6, 6.07) is 8.29. The second-order valence-corrected chi connectivity index (χ2v) is 5.84. The maximum absolute atomic E-state index is 11.9. The number of amides is 1. The van der Waals surface area contributed by atoms with Crippen molar-refractivity contribution in [3.63, 3.8) is 0 Å². The number of methoxy groups -OCH3 is 1. The van der Waals surface area contributed by atoms with Gasteiger partial charge in [-0.1, -0.05) is 25.5 Å². The molecule has 1 atom stereocenters. The molecule has 0 spiro atoms. The van der Waals surface area contributed by atoms with Crippen molar-refractivity contribution in [2.75, 3.05) is 40.0 Å². The number of hydrogen-bond donors (Lipinski definition) is 1. The molecule has 2 rings (SSSR count). The van der Waals surface area contributed by atoms with Gasteiger partial charge in [0, 0.05) is 26.1 Å². The summed E-state index contributed by atoms with van der Waals surface area (Å²) in [6.45, 7) is 6.01. The molecule has 1 amide bonds. The Morgan fingerprint density at radius 2 is 2.00 bits per heavy atom. The zero-order valence-electron chi connectivity index (χ0n) is 14.2. The molecule has 23 heavy (non-hydrogen) atoms. The van der Waals surface area contributed by atoms with Crippen molar-refractivity contribution < 1.29 is 14.3 Å². The number of unbranched alkanes of at least 4 members (excludes halogenated alkanes) is 1. The standard InChI is InChI=1S/C18H28N2O3/c1-3-4-5-18(21)19-14-17(20-10-12-23-13-11-20)15-6-8-16(22-2)9-7-15/h6-9,17H,3-5,10-14H2,1-2H3,(H,19,21). The summed E-state index contributed by atoms with van der Waals surface area (Å²) in [4.78, 5) is 14.3. The lowest BCUT2D eigenvalue weighted by molar-refractivity contribution is -0.121. The lowest BCUT2D eigenvalue weighted by atomic mass is 10.0. The molecule has 1 aromatic carbocycles. The Morgan fingerprint density at radius 1 is 1.30 bits per heavy atom. The SMILES string of the molecule is CCCCC(=O)NCC(c1ccc(OC)cc1)N1CCOCC1. The lowest BCUT2D eigenvalue weighted by Crippen LogP contribution is -2.43. The number of carbonyl (C=O) groups is 1.